The minimum atomic E-state index is -0.985. The molecule has 2 aromatic rings. The Morgan fingerprint density at radius 2 is 2.04 bits per heavy atom. The number of carboxylic acids is 1. The first-order chi connectivity index (χ1) is 12.5. The number of aromatic carboxylic acids is 1. The van der Waals surface area contributed by atoms with Gasteiger partial charge in [0.15, 0.2) is 5.60 Å². The Hall–Kier alpha value is -2.96. The molecule has 2 aliphatic rings. The summed E-state index contributed by atoms with van der Waals surface area (Å²) in [5, 5.41) is 9.27. The number of carbonyl (C=O) groups is 2. The number of ether oxygens (including phenoxy) is 2. The van der Waals surface area contributed by atoms with Crippen molar-refractivity contribution >= 4 is 12.1 Å². The Bertz CT molecular complexity index is 865. The van der Waals surface area contributed by atoms with Crippen LogP contribution in [0, 0.1) is 0 Å². The Morgan fingerprint density at radius 3 is 2.73 bits per heavy atom. The van der Waals surface area contributed by atoms with Gasteiger partial charge in [0.25, 0.3) is 0 Å². The van der Waals surface area contributed by atoms with Crippen molar-refractivity contribution < 1.29 is 24.2 Å². The van der Waals surface area contributed by atoms with E-state index in [0.717, 1.165) is 11.4 Å². The number of carbonyl (C=O) groups excluding carboxylic acids is 1. The van der Waals surface area contributed by atoms with Crippen molar-refractivity contribution in [2.75, 3.05) is 19.7 Å². The first kappa shape index (κ1) is 16.5. The van der Waals surface area contributed by atoms with E-state index >= 15 is 0 Å². The van der Waals surface area contributed by atoms with Gasteiger partial charge in [-0.1, -0.05) is 0 Å². The monoisotopic (exact) mass is 356 g/mol. The van der Waals surface area contributed by atoms with E-state index in [2.05, 4.69) is 0 Å². The molecule has 1 aromatic carbocycles. The maximum Gasteiger partial charge on any atom is 0.409 e. The predicted molar refractivity (Wildman–Crippen MR) is 92.9 cm³/mol. The average molecular weight is 356 g/mol. The predicted octanol–water partition coefficient (Wildman–Crippen LogP) is 3.02. The molecule has 1 spiro atoms. The van der Waals surface area contributed by atoms with E-state index in [4.69, 9.17) is 9.47 Å². The Kier molecular flexibility index (Phi) is 3.86. The van der Waals surface area contributed by atoms with Gasteiger partial charge in [0.2, 0.25) is 0 Å². The van der Waals surface area contributed by atoms with Gasteiger partial charge in [-0.15, -0.1) is 0 Å². The molecule has 4 rings (SSSR count). The van der Waals surface area contributed by atoms with Crippen LogP contribution in [0.1, 0.15) is 35.8 Å². The van der Waals surface area contributed by atoms with Crippen molar-refractivity contribution in [2.45, 2.75) is 25.4 Å². The Morgan fingerprint density at radius 1 is 1.27 bits per heavy atom. The van der Waals surface area contributed by atoms with Crippen molar-refractivity contribution in [1.82, 2.24) is 9.47 Å². The number of carboxylic acid groups (broad SMARTS) is 1. The minimum absolute atomic E-state index is 0.193. The van der Waals surface area contributed by atoms with Gasteiger partial charge in [-0.05, 0) is 37.3 Å². The third kappa shape index (κ3) is 2.51. The first-order valence-corrected chi connectivity index (χ1v) is 8.70. The molecule has 1 fully saturated rings. The van der Waals surface area contributed by atoms with E-state index in [1.54, 1.807) is 30.0 Å². The van der Waals surface area contributed by atoms with E-state index in [-0.39, 0.29) is 11.7 Å². The fraction of sp³-hybridized carbons (Fsp3) is 0.368. The molecule has 7 nitrogen and oxygen atoms in total. The lowest BCUT2D eigenvalue weighted by Gasteiger charge is -2.44. The maximum absolute atomic E-state index is 12.0. The molecular weight excluding hydrogens is 336 g/mol. The van der Waals surface area contributed by atoms with Gasteiger partial charge < -0.3 is 24.0 Å². The molecule has 0 saturated carbocycles. The fourth-order valence-electron chi connectivity index (χ4n) is 3.78. The largest absolute Gasteiger partial charge is 0.479 e. The van der Waals surface area contributed by atoms with Gasteiger partial charge >= 0.3 is 12.1 Å². The van der Waals surface area contributed by atoms with Gasteiger partial charge in [-0.25, -0.2) is 9.59 Å². The summed E-state index contributed by atoms with van der Waals surface area (Å²) in [5.41, 5.74) is 1.47. The minimum Gasteiger partial charge on any atom is -0.479 e. The molecule has 3 heterocycles. The van der Waals surface area contributed by atoms with Gasteiger partial charge in [-0.3, -0.25) is 0 Å². The SMILES string of the molecule is CCOC(=O)N1CCC2(CC1)Oc1cc(C(=O)O)ccc1-n1cccc12. The molecular formula is C19H20N2O5. The highest BCUT2D eigenvalue weighted by Crippen LogP contribution is 2.45. The number of aromatic nitrogens is 1. The normalized spacial score (nSPS) is 17.2. The molecule has 1 N–H and O–H groups in total. The number of rotatable bonds is 2. The van der Waals surface area contributed by atoms with Crippen molar-refractivity contribution in [2.24, 2.45) is 0 Å². The van der Waals surface area contributed by atoms with Crippen LogP contribution < -0.4 is 4.74 Å². The van der Waals surface area contributed by atoms with Crippen LogP contribution in [0.2, 0.25) is 0 Å². The molecule has 0 unspecified atom stereocenters. The number of hydrogen-bond acceptors (Lipinski definition) is 4. The summed E-state index contributed by atoms with van der Waals surface area (Å²) in [7, 11) is 0. The number of nitrogens with zero attached hydrogens (tertiary/aromatic N) is 2. The van der Waals surface area contributed by atoms with E-state index in [9.17, 15) is 14.7 Å². The summed E-state index contributed by atoms with van der Waals surface area (Å²) in [5.74, 6) is -0.431. The summed E-state index contributed by atoms with van der Waals surface area (Å²) in [6.07, 6.45) is 2.89. The van der Waals surface area contributed by atoms with Crippen LogP contribution in [0.5, 0.6) is 5.75 Å². The molecule has 0 aliphatic carbocycles. The lowest BCUT2D eigenvalue weighted by atomic mass is 9.86. The highest BCUT2D eigenvalue weighted by atomic mass is 16.6. The first-order valence-electron chi connectivity index (χ1n) is 8.70. The number of hydrogen-bond donors (Lipinski definition) is 1. The average Bonchev–Trinajstić information content (AvgIpc) is 3.13. The third-order valence-corrected chi connectivity index (χ3v) is 5.08. The second-order valence-electron chi connectivity index (χ2n) is 6.53. The molecule has 0 bridgehead atoms. The number of benzene rings is 1. The number of piperidine rings is 1. The Labute approximate surface area is 150 Å². The molecule has 1 amide bonds. The molecule has 2 aliphatic heterocycles. The van der Waals surface area contributed by atoms with Gasteiger partial charge in [0.1, 0.15) is 5.75 Å². The van der Waals surface area contributed by atoms with E-state index in [0.29, 0.717) is 38.3 Å². The van der Waals surface area contributed by atoms with E-state index in [1.807, 2.05) is 22.9 Å². The van der Waals surface area contributed by atoms with Crippen LogP contribution in [0.25, 0.3) is 5.69 Å². The van der Waals surface area contributed by atoms with Crippen LogP contribution in [0.4, 0.5) is 4.79 Å². The highest BCUT2D eigenvalue weighted by Gasteiger charge is 2.44. The second-order valence-corrected chi connectivity index (χ2v) is 6.53. The van der Waals surface area contributed by atoms with Crippen LogP contribution in [0.3, 0.4) is 0 Å². The van der Waals surface area contributed by atoms with Crippen molar-refractivity contribution in [3.63, 3.8) is 0 Å². The van der Waals surface area contributed by atoms with Crippen LogP contribution in [-0.4, -0.2) is 46.3 Å². The third-order valence-electron chi connectivity index (χ3n) is 5.08. The summed E-state index contributed by atoms with van der Waals surface area (Å²) < 4.78 is 13.5. The van der Waals surface area contributed by atoms with Crippen LogP contribution in [0.15, 0.2) is 36.5 Å². The van der Waals surface area contributed by atoms with Crippen molar-refractivity contribution in [3.05, 3.63) is 47.8 Å². The van der Waals surface area contributed by atoms with Gasteiger partial charge in [0, 0.05) is 32.1 Å². The van der Waals surface area contributed by atoms with Crippen molar-refractivity contribution in [1.29, 1.82) is 0 Å². The standard InChI is InChI=1S/C19H20N2O5/c1-2-25-18(24)20-10-7-19(8-11-20)16-4-3-9-21(16)14-6-5-13(17(22)23)12-15(14)26-19/h3-6,9,12H,2,7-8,10-11H2,1H3,(H,22,23). The summed E-state index contributed by atoms with van der Waals surface area (Å²) in [4.78, 5) is 25.0. The van der Waals surface area contributed by atoms with Gasteiger partial charge in [0.05, 0.1) is 23.6 Å². The zero-order chi connectivity index (χ0) is 18.3. The number of fused-ring (bicyclic) bond motifs is 4. The molecule has 1 saturated heterocycles. The molecule has 0 radical (unpaired) electrons. The molecule has 26 heavy (non-hydrogen) atoms. The number of amides is 1. The summed E-state index contributed by atoms with van der Waals surface area (Å²) in [6, 6.07) is 8.89. The quantitative estimate of drug-likeness (QED) is 0.895. The van der Waals surface area contributed by atoms with Crippen LogP contribution >= 0.6 is 0 Å². The fourth-order valence-corrected chi connectivity index (χ4v) is 3.78. The lowest BCUT2D eigenvalue weighted by Crippen LogP contribution is -2.50. The summed E-state index contributed by atoms with van der Waals surface area (Å²) in [6.45, 7) is 3.19. The second kappa shape index (κ2) is 6.09. The molecule has 0 atom stereocenters. The molecule has 136 valence electrons. The number of likely N-dealkylation sites (tertiary alicyclic amines) is 1. The lowest BCUT2D eigenvalue weighted by molar-refractivity contribution is -0.0127. The zero-order valence-corrected chi connectivity index (χ0v) is 14.5. The smallest absolute Gasteiger partial charge is 0.409 e. The molecule has 7 heteroatoms. The zero-order valence-electron chi connectivity index (χ0n) is 14.5. The van der Waals surface area contributed by atoms with E-state index in [1.165, 1.54) is 0 Å². The van der Waals surface area contributed by atoms with Crippen LogP contribution in [-0.2, 0) is 10.3 Å². The van der Waals surface area contributed by atoms with E-state index < -0.39 is 11.6 Å². The summed E-state index contributed by atoms with van der Waals surface area (Å²) >= 11 is 0. The van der Waals surface area contributed by atoms with Crippen molar-refractivity contribution in [3.8, 4) is 11.4 Å². The highest BCUT2D eigenvalue weighted by molar-refractivity contribution is 5.88. The Balaban J connectivity index is 1.67. The topological polar surface area (TPSA) is 81.0 Å². The maximum atomic E-state index is 12.0. The molecule has 1 aromatic heterocycles. The van der Waals surface area contributed by atoms with Gasteiger partial charge in [-0.2, -0.15) is 0 Å².